The number of ether oxygens (including phenoxy) is 1. The Balaban J connectivity index is 1.85. The van der Waals surface area contributed by atoms with E-state index < -0.39 is 11.7 Å². The van der Waals surface area contributed by atoms with Crippen LogP contribution in [0.15, 0.2) is 48.8 Å². The van der Waals surface area contributed by atoms with Crippen molar-refractivity contribution in [3.05, 3.63) is 60.3 Å². The van der Waals surface area contributed by atoms with E-state index in [4.69, 9.17) is 9.84 Å². The van der Waals surface area contributed by atoms with Crippen molar-refractivity contribution in [2.24, 2.45) is 0 Å². The maximum absolute atomic E-state index is 13.6. The summed E-state index contributed by atoms with van der Waals surface area (Å²) in [6, 6.07) is 9.76. The van der Waals surface area contributed by atoms with Crippen molar-refractivity contribution in [3.63, 3.8) is 0 Å². The van der Waals surface area contributed by atoms with Gasteiger partial charge in [-0.25, -0.2) is 9.18 Å². The minimum Gasteiger partial charge on any atom is -0.444 e. The average Bonchev–Trinajstić information content (AvgIpc) is 3.13. The molecule has 3 heterocycles. The third-order valence-corrected chi connectivity index (χ3v) is 5.33. The number of aliphatic hydroxyl groups excluding tert-OH is 1. The van der Waals surface area contributed by atoms with Gasteiger partial charge in [0.25, 0.3) is 0 Å². The number of aromatic nitrogens is 3. The highest BCUT2D eigenvalue weighted by molar-refractivity contribution is 5.83. The van der Waals surface area contributed by atoms with Crippen LogP contribution in [-0.4, -0.2) is 49.6 Å². The monoisotopic (exact) mass is 438 g/mol. The third kappa shape index (κ3) is 4.50. The maximum Gasteiger partial charge on any atom is 0.410 e. The van der Waals surface area contributed by atoms with Crippen molar-refractivity contribution in [2.45, 2.75) is 45.4 Å². The van der Waals surface area contributed by atoms with Gasteiger partial charge in [-0.05, 0) is 69.2 Å². The van der Waals surface area contributed by atoms with Gasteiger partial charge in [0.15, 0.2) is 0 Å². The van der Waals surface area contributed by atoms with Crippen molar-refractivity contribution < 1.29 is 19.0 Å². The second kappa shape index (κ2) is 8.70. The zero-order chi connectivity index (χ0) is 22.9. The van der Waals surface area contributed by atoms with Crippen molar-refractivity contribution in [1.82, 2.24) is 19.7 Å². The van der Waals surface area contributed by atoms with Gasteiger partial charge in [-0.3, -0.25) is 9.67 Å². The molecular formula is C24H27FN4O3. The number of halogens is 1. The molecule has 32 heavy (non-hydrogen) atoms. The van der Waals surface area contributed by atoms with Gasteiger partial charge < -0.3 is 14.7 Å². The highest BCUT2D eigenvalue weighted by Gasteiger charge is 2.35. The number of aliphatic hydroxyl groups is 1. The first-order valence-electron chi connectivity index (χ1n) is 10.6. The number of benzene rings is 1. The summed E-state index contributed by atoms with van der Waals surface area (Å²) in [5, 5.41) is 14.5. The minimum absolute atomic E-state index is 0.0391. The summed E-state index contributed by atoms with van der Waals surface area (Å²) >= 11 is 0. The van der Waals surface area contributed by atoms with E-state index in [1.54, 1.807) is 29.4 Å². The summed E-state index contributed by atoms with van der Waals surface area (Å²) in [6.45, 7) is 6.14. The predicted octanol–water partition coefficient (Wildman–Crippen LogP) is 4.43. The Hall–Kier alpha value is -3.26. The molecule has 1 aliphatic heterocycles. The van der Waals surface area contributed by atoms with Gasteiger partial charge in [-0.2, -0.15) is 5.10 Å². The molecule has 1 aliphatic rings. The summed E-state index contributed by atoms with van der Waals surface area (Å²) in [5.41, 5.74) is 3.44. The number of nitrogens with zero attached hydrogens (tertiary/aromatic N) is 4. The Morgan fingerprint density at radius 1 is 1.16 bits per heavy atom. The quantitative estimate of drug-likeness (QED) is 0.652. The summed E-state index contributed by atoms with van der Waals surface area (Å²) in [5.74, 6) is -0.322. The first-order valence-corrected chi connectivity index (χ1v) is 10.6. The predicted molar refractivity (Wildman–Crippen MR) is 118 cm³/mol. The van der Waals surface area contributed by atoms with E-state index in [0.717, 1.165) is 22.4 Å². The second-order valence-corrected chi connectivity index (χ2v) is 8.88. The van der Waals surface area contributed by atoms with Crippen molar-refractivity contribution >= 4 is 6.09 Å². The number of hydrogen-bond donors (Lipinski definition) is 1. The summed E-state index contributed by atoms with van der Waals surface area (Å²) in [4.78, 5) is 18.7. The van der Waals surface area contributed by atoms with Gasteiger partial charge in [0.05, 0.1) is 18.3 Å². The largest absolute Gasteiger partial charge is 0.444 e. The van der Waals surface area contributed by atoms with E-state index in [1.807, 2.05) is 37.6 Å². The molecule has 0 fully saturated rings. The van der Waals surface area contributed by atoms with E-state index in [0.29, 0.717) is 25.2 Å². The Morgan fingerprint density at radius 2 is 1.84 bits per heavy atom. The van der Waals surface area contributed by atoms with Crippen LogP contribution in [0.3, 0.4) is 0 Å². The number of hydrogen-bond acceptors (Lipinski definition) is 5. The topological polar surface area (TPSA) is 80.5 Å². The minimum atomic E-state index is -0.617. The van der Waals surface area contributed by atoms with E-state index in [2.05, 4.69) is 4.98 Å². The average molecular weight is 439 g/mol. The zero-order valence-corrected chi connectivity index (χ0v) is 18.5. The van der Waals surface area contributed by atoms with Crippen molar-refractivity contribution in [2.75, 3.05) is 13.2 Å². The molecule has 1 atom stereocenters. The molecule has 0 saturated carbocycles. The van der Waals surface area contributed by atoms with Crippen LogP contribution in [0.4, 0.5) is 9.18 Å². The SMILES string of the molecule is CC(C)(C)OC(=O)N1Cc2c(-c3ccncc3)c(-c3ccc(F)cc3)nn2[C@H](CCO)C1. The van der Waals surface area contributed by atoms with Crippen molar-refractivity contribution in [1.29, 1.82) is 0 Å². The lowest BCUT2D eigenvalue weighted by molar-refractivity contribution is 0.0147. The third-order valence-electron chi connectivity index (χ3n) is 5.33. The molecule has 8 heteroatoms. The van der Waals surface area contributed by atoms with Gasteiger partial charge in [-0.1, -0.05) is 0 Å². The van der Waals surface area contributed by atoms with Crippen LogP contribution in [0.5, 0.6) is 0 Å². The first-order chi connectivity index (χ1) is 15.3. The van der Waals surface area contributed by atoms with E-state index >= 15 is 0 Å². The van der Waals surface area contributed by atoms with Crippen LogP contribution in [0.2, 0.25) is 0 Å². The lowest BCUT2D eigenvalue weighted by atomic mass is 9.98. The van der Waals surface area contributed by atoms with E-state index in [-0.39, 0.29) is 18.5 Å². The van der Waals surface area contributed by atoms with Crippen LogP contribution in [-0.2, 0) is 11.3 Å². The molecule has 0 radical (unpaired) electrons. The number of fused-ring (bicyclic) bond motifs is 1. The molecule has 0 aliphatic carbocycles. The summed E-state index contributed by atoms with van der Waals surface area (Å²) in [7, 11) is 0. The molecule has 7 nitrogen and oxygen atoms in total. The molecule has 168 valence electrons. The Kier molecular flexibility index (Phi) is 5.97. The molecule has 2 aromatic heterocycles. The zero-order valence-electron chi connectivity index (χ0n) is 18.5. The molecule has 4 rings (SSSR count). The van der Waals surface area contributed by atoms with Gasteiger partial charge in [0.2, 0.25) is 0 Å². The number of rotatable bonds is 4. The molecule has 0 unspecified atom stereocenters. The fraction of sp³-hybridized carbons (Fsp3) is 0.375. The van der Waals surface area contributed by atoms with E-state index in [9.17, 15) is 14.3 Å². The highest BCUT2D eigenvalue weighted by Crippen LogP contribution is 2.39. The number of carbonyl (C=O) groups excluding carboxylic acids is 1. The summed E-state index contributed by atoms with van der Waals surface area (Å²) < 4.78 is 21.1. The fourth-order valence-electron chi connectivity index (χ4n) is 3.96. The summed E-state index contributed by atoms with van der Waals surface area (Å²) in [6.07, 6.45) is 3.44. The molecule has 1 amide bonds. The molecule has 1 aromatic carbocycles. The van der Waals surface area contributed by atoms with Crippen LogP contribution in [0.1, 0.15) is 38.9 Å². The number of amides is 1. The lowest BCUT2D eigenvalue weighted by Crippen LogP contribution is -2.44. The standard InChI is InChI=1S/C24H27FN4O3/c1-24(2,3)32-23(31)28-14-19(10-13-30)29-20(15-28)21(16-8-11-26-12-9-16)22(27-29)17-4-6-18(25)7-5-17/h4-9,11-12,19,30H,10,13-15H2,1-3H3/t19-/m1/s1. The normalized spacial score (nSPS) is 16.0. The van der Waals surface area contributed by atoms with Gasteiger partial charge in [0.1, 0.15) is 17.1 Å². The molecule has 3 aromatic rings. The van der Waals surface area contributed by atoms with Crippen molar-refractivity contribution in [3.8, 4) is 22.4 Å². The van der Waals surface area contributed by atoms with Crippen LogP contribution in [0, 0.1) is 5.82 Å². The van der Waals surface area contributed by atoms with Gasteiger partial charge in [-0.15, -0.1) is 0 Å². The lowest BCUT2D eigenvalue weighted by Gasteiger charge is -2.35. The van der Waals surface area contributed by atoms with Gasteiger partial charge in [0, 0.05) is 36.7 Å². The first kappa shape index (κ1) is 22.0. The Labute approximate surface area is 186 Å². The highest BCUT2D eigenvalue weighted by atomic mass is 19.1. The number of carbonyl (C=O) groups is 1. The number of pyridine rings is 1. The van der Waals surface area contributed by atoms with Crippen LogP contribution >= 0.6 is 0 Å². The molecule has 0 spiro atoms. The van der Waals surface area contributed by atoms with E-state index in [1.165, 1.54) is 12.1 Å². The Morgan fingerprint density at radius 3 is 2.47 bits per heavy atom. The molecular weight excluding hydrogens is 411 g/mol. The fourth-order valence-corrected chi connectivity index (χ4v) is 3.96. The molecule has 0 bridgehead atoms. The molecule has 1 N–H and O–H groups in total. The van der Waals surface area contributed by atoms with Crippen LogP contribution < -0.4 is 0 Å². The maximum atomic E-state index is 13.6. The molecule has 0 saturated heterocycles. The smallest absolute Gasteiger partial charge is 0.410 e. The second-order valence-electron chi connectivity index (χ2n) is 8.88. The van der Waals surface area contributed by atoms with Crippen LogP contribution in [0.25, 0.3) is 22.4 Å². The van der Waals surface area contributed by atoms with Gasteiger partial charge >= 0.3 is 6.09 Å². The Bertz CT molecular complexity index is 1090.